The van der Waals surface area contributed by atoms with E-state index in [9.17, 15) is 15.0 Å². The molecular weight excluding hydrogens is 396 g/mol. The van der Waals surface area contributed by atoms with E-state index in [0.29, 0.717) is 16.7 Å². The lowest BCUT2D eigenvalue weighted by molar-refractivity contribution is 0.0215. The monoisotopic (exact) mass is 432 g/mol. The van der Waals surface area contributed by atoms with Crippen LogP contribution in [0, 0.1) is 5.41 Å². The smallest absolute Gasteiger partial charge is 0.345 e. The summed E-state index contributed by atoms with van der Waals surface area (Å²) in [6.45, 7) is 12.8. The molecule has 5 heteroatoms. The number of ether oxygens (including phenoxy) is 1. The van der Waals surface area contributed by atoms with Crippen LogP contribution >= 0.6 is 11.3 Å². The normalized spacial score (nSPS) is 14.0. The average molecular weight is 433 g/mol. The summed E-state index contributed by atoms with van der Waals surface area (Å²) in [6.07, 6.45) is 2.38. The van der Waals surface area contributed by atoms with Crippen molar-refractivity contribution in [3.8, 4) is 5.75 Å². The van der Waals surface area contributed by atoms with Crippen LogP contribution in [0.1, 0.15) is 91.9 Å². The number of carboxylic acids is 1. The van der Waals surface area contributed by atoms with E-state index in [-0.39, 0.29) is 12.0 Å². The third-order valence-corrected chi connectivity index (χ3v) is 6.84. The number of carbonyl (C=O) groups is 1. The van der Waals surface area contributed by atoms with Gasteiger partial charge in [0.15, 0.2) is 0 Å². The van der Waals surface area contributed by atoms with Crippen LogP contribution in [0.25, 0.3) is 0 Å². The first-order valence-electron chi connectivity index (χ1n) is 10.8. The van der Waals surface area contributed by atoms with Crippen molar-refractivity contribution in [2.75, 3.05) is 6.61 Å². The molecule has 0 bridgehead atoms. The molecule has 2 aromatic rings. The van der Waals surface area contributed by atoms with E-state index in [4.69, 9.17) is 4.74 Å². The van der Waals surface area contributed by atoms with Gasteiger partial charge in [-0.15, -0.1) is 11.3 Å². The Morgan fingerprint density at radius 1 is 1.17 bits per heavy atom. The van der Waals surface area contributed by atoms with E-state index in [1.165, 1.54) is 16.9 Å². The van der Waals surface area contributed by atoms with Crippen molar-refractivity contribution in [3.05, 3.63) is 51.2 Å². The number of carboxylic acid groups (broad SMARTS) is 1. The Labute approximate surface area is 184 Å². The minimum Gasteiger partial charge on any atom is -0.491 e. The summed E-state index contributed by atoms with van der Waals surface area (Å²) in [5.41, 5.74) is 2.21. The van der Waals surface area contributed by atoms with Crippen molar-refractivity contribution in [2.45, 2.75) is 78.7 Å². The van der Waals surface area contributed by atoms with Crippen LogP contribution in [-0.2, 0) is 6.42 Å². The first-order chi connectivity index (χ1) is 14.0. The Hall–Kier alpha value is -1.85. The molecule has 2 unspecified atom stereocenters. The van der Waals surface area contributed by atoms with Crippen molar-refractivity contribution in [2.24, 2.45) is 5.41 Å². The molecular formula is C25H36O4S. The SMILES string of the molecule is CCC(CCc1ccc(OCC(O)C(C)(C)C)c(C(C)C)c1)c1ccc(C(=O)O)s1. The number of thiophene rings is 1. The van der Waals surface area contributed by atoms with Crippen LogP contribution in [0.4, 0.5) is 0 Å². The summed E-state index contributed by atoms with van der Waals surface area (Å²) in [4.78, 5) is 12.7. The minimum absolute atomic E-state index is 0.213. The lowest BCUT2D eigenvalue weighted by Gasteiger charge is -2.26. The molecule has 0 aliphatic heterocycles. The number of rotatable bonds is 10. The van der Waals surface area contributed by atoms with Gasteiger partial charge < -0.3 is 14.9 Å². The van der Waals surface area contributed by atoms with E-state index in [2.05, 4.69) is 32.9 Å². The van der Waals surface area contributed by atoms with Crippen LogP contribution in [0.3, 0.4) is 0 Å². The maximum Gasteiger partial charge on any atom is 0.345 e. The second kappa shape index (κ2) is 10.5. The van der Waals surface area contributed by atoms with Crippen molar-refractivity contribution in [1.82, 2.24) is 0 Å². The standard InChI is InChI=1S/C25H36O4S/c1-7-18(21-12-13-22(30-21)24(27)28)10-8-17-9-11-20(19(14-17)16(2)3)29-15-23(26)25(4,5)6/h9,11-14,16,18,23,26H,7-8,10,15H2,1-6H3,(H,27,28). The van der Waals surface area contributed by atoms with Crippen LogP contribution < -0.4 is 4.74 Å². The number of hydrogen-bond acceptors (Lipinski definition) is 4. The summed E-state index contributed by atoms with van der Waals surface area (Å²) in [6, 6.07) is 10.0. The largest absolute Gasteiger partial charge is 0.491 e. The lowest BCUT2D eigenvalue weighted by Crippen LogP contribution is -2.32. The fourth-order valence-corrected chi connectivity index (χ4v) is 4.40. The molecule has 1 aromatic carbocycles. The fourth-order valence-electron chi connectivity index (χ4n) is 3.33. The van der Waals surface area contributed by atoms with Gasteiger partial charge in [0.05, 0.1) is 6.10 Å². The second-order valence-electron chi connectivity index (χ2n) is 9.37. The highest BCUT2D eigenvalue weighted by Crippen LogP contribution is 2.33. The van der Waals surface area contributed by atoms with E-state index in [1.54, 1.807) is 6.07 Å². The van der Waals surface area contributed by atoms with Crippen molar-refractivity contribution < 1.29 is 19.7 Å². The first-order valence-corrected chi connectivity index (χ1v) is 11.6. The Balaban J connectivity index is 2.08. The van der Waals surface area contributed by atoms with Crippen molar-refractivity contribution >= 4 is 17.3 Å². The van der Waals surface area contributed by atoms with Gasteiger partial charge in [0.2, 0.25) is 0 Å². The number of aromatic carboxylic acids is 1. The number of aryl methyl sites for hydroxylation is 1. The quantitative estimate of drug-likeness (QED) is 0.451. The highest BCUT2D eigenvalue weighted by atomic mass is 32.1. The molecule has 0 amide bonds. The summed E-state index contributed by atoms with van der Waals surface area (Å²) in [5.74, 6) is 0.677. The van der Waals surface area contributed by atoms with Crippen molar-refractivity contribution in [1.29, 1.82) is 0 Å². The molecule has 0 aliphatic carbocycles. The van der Waals surface area contributed by atoms with Gasteiger partial charge in [0.25, 0.3) is 0 Å². The number of aliphatic hydroxyl groups is 1. The Bertz CT molecular complexity index is 832. The highest BCUT2D eigenvalue weighted by Gasteiger charge is 2.23. The topological polar surface area (TPSA) is 66.8 Å². The van der Waals surface area contributed by atoms with E-state index in [0.717, 1.165) is 35.5 Å². The Morgan fingerprint density at radius 2 is 1.87 bits per heavy atom. The van der Waals surface area contributed by atoms with Gasteiger partial charge in [0, 0.05) is 4.88 Å². The van der Waals surface area contributed by atoms with Crippen LogP contribution in [0.2, 0.25) is 0 Å². The molecule has 2 atom stereocenters. The Morgan fingerprint density at radius 3 is 2.40 bits per heavy atom. The average Bonchev–Trinajstić information content (AvgIpc) is 3.16. The maximum atomic E-state index is 11.2. The summed E-state index contributed by atoms with van der Waals surface area (Å²) in [7, 11) is 0. The molecule has 0 saturated heterocycles. The zero-order valence-electron chi connectivity index (χ0n) is 19.1. The summed E-state index contributed by atoms with van der Waals surface area (Å²) >= 11 is 1.39. The van der Waals surface area contributed by atoms with Gasteiger partial charge in [-0.1, -0.05) is 53.7 Å². The molecule has 0 spiro atoms. The minimum atomic E-state index is -0.852. The molecule has 1 aromatic heterocycles. The summed E-state index contributed by atoms with van der Waals surface area (Å²) in [5, 5.41) is 19.5. The van der Waals surface area contributed by atoms with Gasteiger partial charge in [-0.3, -0.25) is 0 Å². The molecule has 166 valence electrons. The van der Waals surface area contributed by atoms with E-state index < -0.39 is 12.1 Å². The molecule has 0 aliphatic rings. The zero-order valence-corrected chi connectivity index (χ0v) is 19.9. The summed E-state index contributed by atoms with van der Waals surface area (Å²) < 4.78 is 5.98. The van der Waals surface area contributed by atoms with Gasteiger partial charge in [0.1, 0.15) is 17.2 Å². The molecule has 0 fully saturated rings. The number of benzene rings is 1. The molecule has 2 N–H and O–H groups in total. The van der Waals surface area contributed by atoms with Gasteiger partial charge in [-0.05, 0) is 65.8 Å². The predicted octanol–water partition coefficient (Wildman–Crippen LogP) is 6.48. The predicted molar refractivity (Wildman–Crippen MR) is 124 cm³/mol. The molecule has 0 radical (unpaired) electrons. The number of hydrogen-bond donors (Lipinski definition) is 2. The molecule has 0 saturated carbocycles. The number of aliphatic hydroxyl groups excluding tert-OH is 1. The zero-order chi connectivity index (χ0) is 22.5. The van der Waals surface area contributed by atoms with Gasteiger partial charge in [-0.2, -0.15) is 0 Å². The second-order valence-corrected chi connectivity index (χ2v) is 10.5. The van der Waals surface area contributed by atoms with Gasteiger partial charge >= 0.3 is 5.97 Å². The third-order valence-electron chi connectivity index (χ3n) is 5.61. The van der Waals surface area contributed by atoms with Crippen LogP contribution in [0.15, 0.2) is 30.3 Å². The Kier molecular flexibility index (Phi) is 8.51. The molecule has 1 heterocycles. The maximum absolute atomic E-state index is 11.2. The molecule has 4 nitrogen and oxygen atoms in total. The lowest BCUT2D eigenvalue weighted by atomic mass is 9.89. The van der Waals surface area contributed by atoms with E-state index in [1.807, 2.05) is 32.9 Å². The highest BCUT2D eigenvalue weighted by molar-refractivity contribution is 7.14. The molecule has 2 rings (SSSR count). The van der Waals surface area contributed by atoms with Crippen LogP contribution in [-0.4, -0.2) is 28.9 Å². The van der Waals surface area contributed by atoms with E-state index >= 15 is 0 Å². The third kappa shape index (κ3) is 6.58. The fraction of sp³-hybridized carbons (Fsp3) is 0.560. The van der Waals surface area contributed by atoms with Crippen LogP contribution in [0.5, 0.6) is 5.75 Å². The first kappa shape index (κ1) is 24.4. The molecule has 30 heavy (non-hydrogen) atoms. The van der Waals surface area contributed by atoms with Gasteiger partial charge in [-0.25, -0.2) is 4.79 Å². The van der Waals surface area contributed by atoms with Crippen molar-refractivity contribution in [3.63, 3.8) is 0 Å².